The molecule has 0 spiro atoms. The highest BCUT2D eigenvalue weighted by Gasteiger charge is 2.55. The van der Waals surface area contributed by atoms with Gasteiger partial charge >= 0.3 is 5.97 Å². The van der Waals surface area contributed by atoms with Crippen LogP contribution in [0.3, 0.4) is 0 Å². The summed E-state index contributed by atoms with van der Waals surface area (Å²) in [5.41, 5.74) is 2.03. The summed E-state index contributed by atoms with van der Waals surface area (Å²) in [6, 6.07) is 21.8. The monoisotopic (exact) mass is 667 g/mol. The summed E-state index contributed by atoms with van der Waals surface area (Å²) < 4.78 is 6.95. The van der Waals surface area contributed by atoms with E-state index >= 15 is 0 Å². The van der Waals surface area contributed by atoms with Crippen LogP contribution in [0.15, 0.2) is 77.6 Å². The number of rotatable bonds is 9. The van der Waals surface area contributed by atoms with Crippen molar-refractivity contribution < 1.29 is 19.4 Å². The Morgan fingerprint density at radius 2 is 1.69 bits per heavy atom. The minimum atomic E-state index is -0.759. The van der Waals surface area contributed by atoms with E-state index in [0.717, 1.165) is 37.7 Å². The van der Waals surface area contributed by atoms with Crippen LogP contribution in [0.2, 0.25) is 5.02 Å². The molecule has 0 radical (unpaired) electrons. The normalized spacial score (nSPS) is 24.5. The summed E-state index contributed by atoms with van der Waals surface area (Å²) in [5, 5.41) is 18.3. The standard InChI is InChI=1S/C39H42ClN3O5/c1-38(2,47)22-41-39-19-24-15-26(20-39)33(27(16-24)21-39)42-36(45)25-11-9-23(10-12-25)17-31-34(37(46)48-3)43(29-7-5-4-6-8-29)32-18-28(40)13-14-30(32)35(31)44/h4-14,18,24,26-27,33,41,47H,15-17,19-22H2,1-3H3,(H,42,45)/t24?,26-,27+,33?,39?. The molecule has 4 aliphatic rings. The van der Waals surface area contributed by atoms with Crippen LogP contribution in [0.1, 0.15) is 77.9 Å². The number of halogens is 1. The second-order valence-electron chi connectivity index (χ2n) is 14.8. The van der Waals surface area contributed by atoms with Gasteiger partial charge in [0.25, 0.3) is 5.91 Å². The van der Waals surface area contributed by atoms with Gasteiger partial charge in [-0.1, -0.05) is 41.9 Å². The number of para-hydroxylation sites is 1. The molecule has 4 saturated carbocycles. The highest BCUT2D eigenvalue weighted by Crippen LogP contribution is 2.55. The number of nitrogens with one attached hydrogen (secondary N) is 2. The molecule has 4 aliphatic carbocycles. The molecule has 1 amide bonds. The van der Waals surface area contributed by atoms with Gasteiger partial charge in [-0.05, 0) is 112 Å². The third-order valence-corrected chi connectivity index (χ3v) is 10.9. The Hall–Kier alpha value is -3.98. The maximum atomic E-state index is 14.0. The Bertz CT molecular complexity index is 1920. The second kappa shape index (κ2) is 12.5. The predicted octanol–water partition coefficient (Wildman–Crippen LogP) is 6.06. The summed E-state index contributed by atoms with van der Waals surface area (Å²) in [6.07, 6.45) is 5.62. The lowest BCUT2D eigenvalue weighted by Gasteiger charge is -2.60. The molecule has 9 heteroatoms. The molecule has 250 valence electrons. The van der Waals surface area contributed by atoms with Crippen molar-refractivity contribution in [2.24, 2.45) is 17.8 Å². The van der Waals surface area contributed by atoms with Crippen LogP contribution in [0.4, 0.5) is 0 Å². The van der Waals surface area contributed by atoms with E-state index in [1.165, 1.54) is 7.11 Å². The van der Waals surface area contributed by atoms with Crippen LogP contribution < -0.4 is 16.1 Å². The van der Waals surface area contributed by atoms with Crippen LogP contribution in [-0.4, -0.2) is 52.4 Å². The Labute approximate surface area is 285 Å². The number of esters is 1. The maximum absolute atomic E-state index is 14.0. The summed E-state index contributed by atoms with van der Waals surface area (Å²) in [5.74, 6) is 0.774. The van der Waals surface area contributed by atoms with Gasteiger partial charge in [0.2, 0.25) is 0 Å². The molecule has 0 saturated heterocycles. The fraction of sp³-hybridized carbons (Fsp3) is 0.410. The SMILES string of the molecule is COC(=O)c1c(Cc2ccc(C(=O)NC3[C@@H]4CC5C[C@H]3CC(NCC(C)(C)O)(C5)C4)cc2)c(=O)c2ccc(Cl)cc2n1-c1ccccc1. The van der Waals surface area contributed by atoms with Gasteiger partial charge < -0.3 is 25.0 Å². The van der Waals surface area contributed by atoms with E-state index in [0.29, 0.717) is 57.0 Å². The number of amides is 1. The molecule has 0 aliphatic heterocycles. The first-order valence-electron chi connectivity index (χ1n) is 16.8. The lowest BCUT2D eigenvalue weighted by Crippen LogP contribution is -2.66. The van der Waals surface area contributed by atoms with Crippen molar-refractivity contribution in [3.05, 3.63) is 110 Å². The third-order valence-electron chi connectivity index (χ3n) is 10.7. The van der Waals surface area contributed by atoms with Gasteiger partial charge in [0, 0.05) is 51.8 Å². The Morgan fingerprint density at radius 1 is 1.00 bits per heavy atom. The van der Waals surface area contributed by atoms with E-state index in [-0.39, 0.29) is 35.0 Å². The summed E-state index contributed by atoms with van der Waals surface area (Å²) >= 11 is 6.36. The quantitative estimate of drug-likeness (QED) is 0.187. The first-order chi connectivity index (χ1) is 22.9. The molecule has 4 aromatic rings. The van der Waals surface area contributed by atoms with Crippen LogP contribution in [-0.2, 0) is 11.2 Å². The lowest BCUT2D eigenvalue weighted by atomic mass is 9.51. The highest BCUT2D eigenvalue weighted by atomic mass is 35.5. The minimum absolute atomic E-state index is 0.0521. The average Bonchev–Trinajstić information content (AvgIpc) is 3.06. The smallest absolute Gasteiger partial charge is 0.355 e. The molecular formula is C39H42ClN3O5. The average molecular weight is 668 g/mol. The number of ether oxygens (including phenoxy) is 1. The van der Waals surface area contributed by atoms with Crippen molar-refractivity contribution in [2.75, 3.05) is 13.7 Å². The largest absolute Gasteiger partial charge is 0.464 e. The van der Waals surface area contributed by atoms with Gasteiger partial charge in [-0.3, -0.25) is 9.59 Å². The van der Waals surface area contributed by atoms with Gasteiger partial charge in [0.05, 0.1) is 18.2 Å². The number of hydrogen-bond acceptors (Lipinski definition) is 6. The van der Waals surface area contributed by atoms with Crippen molar-refractivity contribution >= 4 is 34.4 Å². The molecule has 3 unspecified atom stereocenters. The van der Waals surface area contributed by atoms with Gasteiger partial charge in [0.15, 0.2) is 5.43 Å². The van der Waals surface area contributed by atoms with Crippen LogP contribution >= 0.6 is 11.6 Å². The number of carbonyl (C=O) groups excluding carboxylic acids is 2. The Balaban J connectivity index is 1.14. The zero-order chi connectivity index (χ0) is 33.8. The fourth-order valence-corrected chi connectivity index (χ4v) is 8.99. The van der Waals surface area contributed by atoms with Gasteiger partial charge in [-0.15, -0.1) is 0 Å². The number of nitrogens with zero attached hydrogens (tertiary/aromatic N) is 1. The summed E-state index contributed by atoms with van der Waals surface area (Å²) in [7, 11) is 1.30. The lowest BCUT2D eigenvalue weighted by molar-refractivity contribution is -0.0528. The zero-order valence-electron chi connectivity index (χ0n) is 27.6. The molecule has 3 aromatic carbocycles. The van der Waals surface area contributed by atoms with Crippen LogP contribution in [0, 0.1) is 17.8 Å². The molecule has 48 heavy (non-hydrogen) atoms. The minimum Gasteiger partial charge on any atom is -0.464 e. The fourth-order valence-electron chi connectivity index (χ4n) is 8.82. The van der Waals surface area contributed by atoms with E-state index in [2.05, 4.69) is 10.6 Å². The van der Waals surface area contributed by atoms with Gasteiger partial charge in [0.1, 0.15) is 5.69 Å². The second-order valence-corrected chi connectivity index (χ2v) is 15.2. The summed E-state index contributed by atoms with van der Waals surface area (Å²) in [6.45, 7) is 4.24. The van der Waals surface area contributed by atoms with Crippen molar-refractivity contribution in [3.63, 3.8) is 0 Å². The number of carbonyl (C=O) groups is 2. The number of benzene rings is 3. The first-order valence-corrected chi connectivity index (χ1v) is 17.2. The van der Waals surface area contributed by atoms with E-state index in [1.807, 2.05) is 56.3 Å². The van der Waals surface area contributed by atoms with Crippen molar-refractivity contribution in [2.45, 2.75) is 69.6 Å². The molecule has 1 aromatic heterocycles. The molecule has 3 N–H and O–H groups in total. The number of β-amino-alcohol motifs (C(OH)–C–C–N with tert-alkyl or cyclic N) is 1. The molecule has 8 nitrogen and oxygen atoms in total. The van der Waals surface area contributed by atoms with E-state index in [1.54, 1.807) is 34.9 Å². The Morgan fingerprint density at radius 3 is 2.33 bits per heavy atom. The Kier molecular flexibility index (Phi) is 8.47. The number of aliphatic hydroxyl groups is 1. The molecule has 4 bridgehead atoms. The highest BCUT2D eigenvalue weighted by molar-refractivity contribution is 6.31. The number of methoxy groups -OCH3 is 1. The number of fused-ring (bicyclic) bond motifs is 1. The number of pyridine rings is 1. The topological polar surface area (TPSA) is 110 Å². The van der Waals surface area contributed by atoms with Gasteiger partial charge in [-0.25, -0.2) is 4.79 Å². The van der Waals surface area contributed by atoms with Crippen molar-refractivity contribution in [3.8, 4) is 5.69 Å². The maximum Gasteiger partial charge on any atom is 0.355 e. The molecule has 4 fully saturated rings. The first kappa shape index (κ1) is 32.6. The number of hydrogen-bond donors (Lipinski definition) is 3. The number of aromatic nitrogens is 1. The van der Waals surface area contributed by atoms with Crippen LogP contribution in [0.5, 0.6) is 0 Å². The molecule has 1 heterocycles. The van der Waals surface area contributed by atoms with Gasteiger partial charge in [-0.2, -0.15) is 0 Å². The molecule has 8 rings (SSSR count). The van der Waals surface area contributed by atoms with Crippen molar-refractivity contribution in [1.82, 2.24) is 15.2 Å². The zero-order valence-corrected chi connectivity index (χ0v) is 28.3. The van der Waals surface area contributed by atoms with E-state index < -0.39 is 11.6 Å². The van der Waals surface area contributed by atoms with E-state index in [9.17, 15) is 19.5 Å². The summed E-state index contributed by atoms with van der Waals surface area (Å²) in [4.78, 5) is 40.9. The van der Waals surface area contributed by atoms with Crippen LogP contribution in [0.25, 0.3) is 16.6 Å². The predicted molar refractivity (Wildman–Crippen MR) is 187 cm³/mol. The van der Waals surface area contributed by atoms with Crippen molar-refractivity contribution in [1.29, 1.82) is 0 Å². The third kappa shape index (κ3) is 6.17. The molecule has 5 atom stereocenters. The van der Waals surface area contributed by atoms with E-state index in [4.69, 9.17) is 16.3 Å². The molecular weight excluding hydrogens is 626 g/mol.